The number of likely N-dealkylation sites (N-methyl/N-ethyl adjacent to an activating group) is 1. The van der Waals surface area contributed by atoms with Crippen LogP contribution in [0.4, 0.5) is 0 Å². The summed E-state index contributed by atoms with van der Waals surface area (Å²) in [6, 6.07) is 10.4. The molecule has 3 heterocycles. The molecule has 13 nitrogen and oxygen atoms in total. The Morgan fingerprint density at radius 3 is 1.82 bits per heavy atom. The molecule has 3 aliphatic rings. The predicted octanol–water partition coefficient (Wildman–Crippen LogP) is 0.787. The highest BCUT2D eigenvalue weighted by Crippen LogP contribution is 2.24. The lowest BCUT2D eigenvalue weighted by molar-refractivity contribution is -0.150. The Bertz CT molecular complexity index is 1640. The fourth-order valence-electron chi connectivity index (χ4n) is 7.14. The van der Waals surface area contributed by atoms with Crippen LogP contribution in [0, 0.1) is 5.92 Å². The average molecular weight is 705 g/mol. The van der Waals surface area contributed by atoms with Crippen LogP contribution < -0.4 is 15.9 Å². The van der Waals surface area contributed by atoms with Crippen molar-refractivity contribution in [1.82, 2.24) is 30.6 Å². The van der Waals surface area contributed by atoms with E-state index in [0.717, 1.165) is 4.90 Å². The van der Waals surface area contributed by atoms with Gasteiger partial charge in [-0.05, 0) is 42.7 Å². The molecule has 4 N–H and O–H groups in total. The van der Waals surface area contributed by atoms with E-state index in [4.69, 9.17) is 2.78 Å². The summed E-state index contributed by atoms with van der Waals surface area (Å²) >= 11 is 0. The van der Waals surface area contributed by atoms with E-state index >= 15 is 0 Å². The number of nitrogens with zero attached hydrogens (tertiary/aromatic N) is 3. The molecule has 0 radical (unpaired) electrons. The zero-order valence-corrected chi connectivity index (χ0v) is 29.3. The van der Waals surface area contributed by atoms with Crippen molar-refractivity contribution < 1.29 is 36.7 Å². The maximum absolute atomic E-state index is 14.5. The molecule has 51 heavy (non-hydrogen) atoms. The Labute approximate surface area is 302 Å². The first-order valence-electron chi connectivity index (χ1n) is 19.0. The molecular weight excluding hydrogens is 652 g/mol. The Kier molecular flexibility index (Phi) is 11.5. The standard InChI is InChI=1S/C38H50N6O7/c1-4-24(2)32-38(51)44-20-12-18-30(44)35(48)40-28(23-45)36(49)42(3)31(22-26-15-9-6-10-16-26)37(50)43-19-11-17-29(43)34(47)39-27(33(46)41-32)21-25-13-7-5-8-14-25/h5-10,13-16,24,27-32,45H,4,11-12,17-23H2,1-3H3,(H,39,47)(H,40,48)(H,41,46)/t24-,27+,28-,29-,30-,31-,32-/m0/s1/i3D/hD. The molecular formula is C38H50N6O7. The van der Waals surface area contributed by atoms with Crippen LogP contribution in [0.25, 0.3) is 0 Å². The smallest absolute Gasteiger partial charge is 0.247 e. The van der Waals surface area contributed by atoms with Gasteiger partial charge in [0.2, 0.25) is 35.4 Å². The van der Waals surface area contributed by atoms with Crippen LogP contribution in [-0.4, -0.2) is 118 Å². The highest BCUT2D eigenvalue weighted by atomic mass is 16.3. The molecule has 2 aromatic carbocycles. The van der Waals surface area contributed by atoms with E-state index in [1.54, 1.807) is 61.5 Å². The van der Waals surface area contributed by atoms with Gasteiger partial charge in [0.15, 0.2) is 1.41 Å². The molecule has 3 fully saturated rings. The number of hydrogen-bond acceptors (Lipinski definition) is 7. The number of hydrogen-bond donors (Lipinski definition) is 4. The van der Waals surface area contributed by atoms with E-state index in [1.807, 2.05) is 13.0 Å². The third kappa shape index (κ3) is 8.58. The highest BCUT2D eigenvalue weighted by Gasteiger charge is 2.44. The lowest BCUT2D eigenvalue weighted by atomic mass is 9.96. The molecule has 3 aliphatic heterocycles. The average Bonchev–Trinajstić information content (AvgIpc) is 3.87. The second-order valence-corrected chi connectivity index (χ2v) is 13.7. The Morgan fingerprint density at radius 1 is 0.765 bits per heavy atom. The Hall–Kier alpha value is -4.78. The molecule has 6 amide bonds. The van der Waals surface area contributed by atoms with Crippen LogP contribution in [0.5, 0.6) is 0 Å². The zero-order chi connectivity index (χ0) is 38.2. The van der Waals surface area contributed by atoms with Gasteiger partial charge in [-0.15, -0.1) is 0 Å². The van der Waals surface area contributed by atoms with Crippen LogP contribution in [-0.2, 0) is 41.6 Å². The molecule has 0 aromatic heterocycles. The van der Waals surface area contributed by atoms with Gasteiger partial charge in [0.05, 0.1) is 6.61 Å². The molecule has 0 bridgehead atoms. The monoisotopic (exact) mass is 704 g/mol. The molecule has 5 rings (SSSR count). The molecule has 2 aromatic rings. The normalized spacial score (nSPS) is 28.3. The lowest BCUT2D eigenvalue weighted by Gasteiger charge is -2.36. The van der Waals surface area contributed by atoms with Crippen LogP contribution >= 0.6 is 0 Å². The minimum atomic E-state index is -1.54. The number of aliphatic hydroxyl groups excluding tert-OH is 1. The van der Waals surface area contributed by atoms with Gasteiger partial charge in [-0.25, -0.2) is 0 Å². The number of carbonyl (C=O) groups excluding carboxylic acids is 6. The topological polar surface area (TPSA) is 168 Å². The second-order valence-electron chi connectivity index (χ2n) is 13.7. The van der Waals surface area contributed by atoms with Crippen LogP contribution in [0.15, 0.2) is 60.7 Å². The number of rotatable bonds is 7. The quantitative estimate of drug-likeness (QED) is 0.331. The van der Waals surface area contributed by atoms with Crippen LogP contribution in [0.1, 0.15) is 58.4 Å². The maximum atomic E-state index is 14.5. The first-order chi connectivity index (χ1) is 25.5. The first kappa shape index (κ1) is 34.7. The molecule has 0 spiro atoms. The first-order valence-corrected chi connectivity index (χ1v) is 17.8. The summed E-state index contributed by atoms with van der Waals surface area (Å²) in [5.41, 5.74) is 1.39. The molecule has 274 valence electrons. The van der Waals surface area contributed by atoms with E-state index < -0.39 is 91.2 Å². The summed E-state index contributed by atoms with van der Waals surface area (Å²) in [7, 11) is -0.684. The molecule has 7 atom stereocenters. The minimum absolute atomic E-state index is 0.00788. The third-order valence-corrected chi connectivity index (χ3v) is 10.3. The van der Waals surface area contributed by atoms with Crippen molar-refractivity contribution in [2.24, 2.45) is 5.92 Å². The Balaban J connectivity index is 1.60. The van der Waals surface area contributed by atoms with Crippen molar-refractivity contribution in [3.8, 4) is 0 Å². The Morgan fingerprint density at radius 2 is 1.29 bits per heavy atom. The third-order valence-electron chi connectivity index (χ3n) is 10.3. The number of aliphatic hydroxyl groups is 1. The minimum Gasteiger partial charge on any atom is -0.394 e. The highest BCUT2D eigenvalue weighted by molar-refractivity contribution is 5.98. The predicted molar refractivity (Wildman–Crippen MR) is 189 cm³/mol. The van der Waals surface area contributed by atoms with Gasteiger partial charge >= 0.3 is 0 Å². The largest absolute Gasteiger partial charge is 0.394 e. The van der Waals surface area contributed by atoms with E-state index in [1.165, 1.54) is 9.80 Å². The summed E-state index contributed by atoms with van der Waals surface area (Å²) < 4.78 is 17.5. The SMILES string of the molecule is [2H]CN1C(=O)[C@H](CO)NC(=O)[C@@H]2CCCN2C(=O)[C@H]([C@@H](C)CC)N([2H])C(=O)[C@@H](Cc2ccccc2)NC(=O)[C@@H]2CCCN2C(=O)[C@@H]1Cc1ccccc1. The van der Waals surface area contributed by atoms with E-state index in [-0.39, 0.29) is 38.8 Å². The molecule has 0 saturated carbocycles. The number of benzene rings is 2. The lowest BCUT2D eigenvalue weighted by Crippen LogP contribution is -2.62. The molecule has 13 heteroatoms. The number of fused-ring (bicyclic) bond motifs is 2. The van der Waals surface area contributed by atoms with Crippen molar-refractivity contribution in [3.05, 3.63) is 71.8 Å². The molecule has 3 saturated heterocycles. The van der Waals surface area contributed by atoms with Gasteiger partial charge in [-0.3, -0.25) is 28.8 Å². The van der Waals surface area contributed by atoms with Gasteiger partial charge in [-0.1, -0.05) is 80.9 Å². The fourth-order valence-corrected chi connectivity index (χ4v) is 7.14. The van der Waals surface area contributed by atoms with Gasteiger partial charge in [0.25, 0.3) is 0 Å². The number of carbonyl (C=O) groups is 6. The summed E-state index contributed by atoms with van der Waals surface area (Å²) in [5, 5.41) is 16.4. The molecule has 0 aliphatic carbocycles. The maximum Gasteiger partial charge on any atom is 0.247 e. The summed E-state index contributed by atoms with van der Waals surface area (Å²) in [5.74, 6) is -4.70. The van der Waals surface area contributed by atoms with Gasteiger partial charge < -0.3 is 35.7 Å². The summed E-state index contributed by atoms with van der Waals surface area (Å²) in [4.78, 5) is 89.0. The summed E-state index contributed by atoms with van der Waals surface area (Å²) in [6.07, 6.45) is 1.83. The van der Waals surface area contributed by atoms with Crippen LogP contribution in [0.3, 0.4) is 0 Å². The van der Waals surface area contributed by atoms with Gasteiger partial charge in [-0.2, -0.15) is 0 Å². The van der Waals surface area contributed by atoms with Crippen LogP contribution in [0.2, 0.25) is 1.41 Å². The van der Waals surface area contributed by atoms with Crippen molar-refractivity contribution in [3.63, 3.8) is 0 Å². The number of nitrogens with one attached hydrogen (secondary N) is 3. The van der Waals surface area contributed by atoms with Crippen molar-refractivity contribution in [1.29, 1.82) is 0 Å². The number of amides is 6. The van der Waals surface area contributed by atoms with Gasteiger partial charge in [0.1, 0.15) is 36.3 Å². The molecule has 0 unspecified atom stereocenters. The van der Waals surface area contributed by atoms with Crippen molar-refractivity contribution in [2.45, 2.75) is 95.0 Å². The van der Waals surface area contributed by atoms with Gasteiger partial charge in [0, 0.05) is 34.3 Å². The van der Waals surface area contributed by atoms with Crippen molar-refractivity contribution >= 4 is 35.4 Å². The van der Waals surface area contributed by atoms with E-state index in [9.17, 15) is 33.9 Å². The second kappa shape index (κ2) is 17.0. The summed E-state index contributed by atoms with van der Waals surface area (Å²) in [6.45, 7) is 3.06. The van der Waals surface area contributed by atoms with E-state index in [2.05, 4.69) is 10.6 Å². The fraction of sp³-hybridized carbons (Fsp3) is 0.526. The zero-order valence-electron chi connectivity index (χ0n) is 31.3. The van der Waals surface area contributed by atoms with E-state index in [0.29, 0.717) is 35.7 Å². The van der Waals surface area contributed by atoms with Crippen molar-refractivity contribution in [2.75, 3.05) is 26.7 Å².